The topological polar surface area (TPSA) is 29.0 Å². The van der Waals surface area contributed by atoms with Crippen molar-refractivity contribution in [1.82, 2.24) is 4.57 Å². The van der Waals surface area contributed by atoms with E-state index < -0.39 is 0 Å². The molecule has 0 aliphatic heterocycles. The molecule has 0 saturated carbocycles. The van der Waals surface area contributed by atoms with Crippen LogP contribution in [-0.4, -0.2) is 4.57 Å². The third kappa shape index (κ3) is 7.38. The lowest BCUT2D eigenvalue weighted by Crippen LogP contribution is -2.07. The zero-order valence-electron chi connectivity index (χ0n) is 32.3. The van der Waals surface area contributed by atoms with Crippen molar-refractivity contribution in [3.8, 4) is 5.69 Å². The van der Waals surface area contributed by atoms with Crippen LogP contribution in [0, 0.1) is 0 Å². The Balaban J connectivity index is 1.07. The van der Waals surface area contributed by atoms with Crippen LogP contribution in [0.5, 0.6) is 0 Å². The maximum absolute atomic E-state index is 3.89. The summed E-state index contributed by atoms with van der Waals surface area (Å²) in [5.74, 6) is 0. The molecular formula is C54H41N3S2+2. The van der Waals surface area contributed by atoms with E-state index in [1.807, 2.05) is 0 Å². The summed E-state index contributed by atoms with van der Waals surface area (Å²) in [6.07, 6.45) is 0. The van der Waals surface area contributed by atoms with E-state index in [2.05, 4.69) is 252 Å². The maximum Gasteiger partial charge on any atom is 0.189 e. The number of hydrogen-bond donors (Lipinski definition) is 2. The van der Waals surface area contributed by atoms with Gasteiger partial charge in [-0.3, -0.25) is 0 Å². The van der Waals surface area contributed by atoms with Gasteiger partial charge in [-0.15, -0.1) is 0 Å². The van der Waals surface area contributed by atoms with Crippen LogP contribution in [0.3, 0.4) is 0 Å². The van der Waals surface area contributed by atoms with Gasteiger partial charge >= 0.3 is 0 Å². The summed E-state index contributed by atoms with van der Waals surface area (Å²) in [6, 6.07) is 85.1. The Morgan fingerprint density at radius 2 is 0.627 bits per heavy atom. The largest absolute Gasteiger partial charge is 0.351 e. The summed E-state index contributed by atoms with van der Waals surface area (Å²) < 4.78 is 2.38. The first-order valence-corrected chi connectivity index (χ1v) is 22.3. The Hall–Kier alpha value is -6.92. The minimum atomic E-state index is -0.297. The molecule has 0 atom stereocenters. The van der Waals surface area contributed by atoms with Crippen LogP contribution < -0.4 is 10.6 Å². The predicted octanol–water partition coefficient (Wildman–Crippen LogP) is 14.5. The lowest BCUT2D eigenvalue weighted by molar-refractivity contribution is 1.18. The average Bonchev–Trinajstić information content (AvgIpc) is 3.62. The van der Waals surface area contributed by atoms with Gasteiger partial charge < -0.3 is 15.2 Å². The number of fused-ring (bicyclic) bond motifs is 3. The van der Waals surface area contributed by atoms with Crippen LogP contribution in [0.1, 0.15) is 0 Å². The van der Waals surface area contributed by atoms with Crippen molar-refractivity contribution in [1.29, 1.82) is 0 Å². The second kappa shape index (κ2) is 16.5. The molecule has 0 fully saturated rings. The fourth-order valence-electron chi connectivity index (χ4n) is 7.85. The van der Waals surface area contributed by atoms with Gasteiger partial charge in [-0.25, -0.2) is 0 Å². The molecule has 10 rings (SSSR count). The normalized spacial score (nSPS) is 11.4. The zero-order chi connectivity index (χ0) is 39.4. The van der Waals surface area contributed by atoms with Crippen LogP contribution in [0.4, 0.5) is 22.7 Å². The molecule has 1 aromatic heterocycles. The first-order chi connectivity index (χ1) is 29.3. The molecule has 0 amide bonds. The Morgan fingerprint density at radius 1 is 0.305 bits per heavy atom. The monoisotopic (exact) mass is 795 g/mol. The molecule has 10 aromatic rings. The minimum Gasteiger partial charge on any atom is -0.351 e. The van der Waals surface area contributed by atoms with E-state index in [1.54, 1.807) is 0 Å². The number of anilines is 4. The number of hydrogen-bond acceptors (Lipinski definition) is 2. The van der Waals surface area contributed by atoms with Crippen LogP contribution in [0.2, 0.25) is 0 Å². The van der Waals surface area contributed by atoms with Crippen LogP contribution >= 0.6 is 0 Å². The second-order valence-corrected chi connectivity index (χ2v) is 18.2. The van der Waals surface area contributed by atoms with Crippen molar-refractivity contribution in [2.75, 3.05) is 10.6 Å². The first-order valence-electron chi connectivity index (χ1n) is 19.8. The van der Waals surface area contributed by atoms with Gasteiger partial charge in [0.2, 0.25) is 0 Å². The summed E-state index contributed by atoms with van der Waals surface area (Å²) >= 11 is 0. The Bertz CT molecular complexity index is 2720. The third-order valence-electron chi connectivity index (χ3n) is 10.5. The molecule has 0 radical (unpaired) electrons. The van der Waals surface area contributed by atoms with Gasteiger partial charge in [0, 0.05) is 27.8 Å². The molecule has 9 aromatic carbocycles. The molecule has 2 N–H and O–H groups in total. The van der Waals surface area contributed by atoms with Gasteiger partial charge in [0.25, 0.3) is 0 Å². The highest BCUT2D eigenvalue weighted by molar-refractivity contribution is 7.97. The van der Waals surface area contributed by atoms with Crippen molar-refractivity contribution in [2.45, 2.75) is 29.4 Å². The van der Waals surface area contributed by atoms with Crippen molar-refractivity contribution < 1.29 is 0 Å². The molecular weight excluding hydrogens is 755 g/mol. The van der Waals surface area contributed by atoms with Crippen molar-refractivity contribution in [3.63, 3.8) is 0 Å². The number of nitrogens with zero attached hydrogens (tertiary/aromatic N) is 1. The van der Waals surface area contributed by atoms with E-state index in [9.17, 15) is 0 Å². The second-order valence-electron chi connectivity index (χ2n) is 14.2. The maximum atomic E-state index is 3.89. The molecule has 0 aliphatic rings. The Labute approximate surface area is 351 Å². The van der Waals surface area contributed by atoms with Crippen LogP contribution in [0.25, 0.3) is 27.5 Å². The van der Waals surface area contributed by atoms with E-state index in [0.717, 1.165) is 39.5 Å². The molecule has 3 nitrogen and oxygen atoms in total. The molecule has 0 bridgehead atoms. The standard InChI is InChI=1S/C54H41N3S2/c1-6-20-42(21-7-1)57-51-36-34-40(55-49-30-16-18-32-53(49)58(43-22-8-2-9-23-43)44-24-10-3-11-25-44)38-47(51)48-39-41(35-37-52(48)57)56-50-31-17-19-33-54(50)59(45-26-12-4-13-27-45)46-28-14-5-15-29-46/h1-39,55-56H/q+2. The molecule has 5 heteroatoms. The fraction of sp³-hybridized carbons (Fsp3) is 0. The number of nitrogens with one attached hydrogen (secondary N) is 2. The number of para-hydroxylation sites is 3. The van der Waals surface area contributed by atoms with Gasteiger partial charge in [0.15, 0.2) is 29.4 Å². The fourth-order valence-corrected chi connectivity index (χ4v) is 12.2. The summed E-state index contributed by atoms with van der Waals surface area (Å²) in [4.78, 5) is 7.66. The number of benzene rings is 9. The van der Waals surface area contributed by atoms with E-state index in [-0.39, 0.29) is 21.8 Å². The average molecular weight is 796 g/mol. The highest BCUT2D eigenvalue weighted by Crippen LogP contribution is 2.41. The van der Waals surface area contributed by atoms with Crippen molar-refractivity contribution >= 4 is 66.3 Å². The summed E-state index contributed by atoms with van der Waals surface area (Å²) in [5, 5.41) is 10.1. The number of aromatic nitrogens is 1. The predicted molar refractivity (Wildman–Crippen MR) is 250 cm³/mol. The van der Waals surface area contributed by atoms with E-state index in [4.69, 9.17) is 0 Å². The van der Waals surface area contributed by atoms with Gasteiger partial charge in [0.05, 0.1) is 22.4 Å². The van der Waals surface area contributed by atoms with Gasteiger partial charge in [-0.2, -0.15) is 0 Å². The van der Waals surface area contributed by atoms with Crippen molar-refractivity contribution in [3.05, 3.63) is 237 Å². The van der Waals surface area contributed by atoms with E-state index in [0.29, 0.717) is 0 Å². The quantitative estimate of drug-likeness (QED) is 0.128. The molecule has 59 heavy (non-hydrogen) atoms. The molecule has 0 aliphatic carbocycles. The zero-order valence-corrected chi connectivity index (χ0v) is 33.9. The molecule has 0 saturated heterocycles. The lowest BCUT2D eigenvalue weighted by atomic mass is 10.1. The Morgan fingerprint density at radius 3 is 1.00 bits per heavy atom. The lowest BCUT2D eigenvalue weighted by Gasteiger charge is -2.14. The highest BCUT2D eigenvalue weighted by atomic mass is 32.2. The molecule has 0 unspecified atom stereocenters. The molecule has 1 heterocycles. The van der Waals surface area contributed by atoms with E-state index in [1.165, 1.54) is 40.1 Å². The molecule has 282 valence electrons. The third-order valence-corrected chi connectivity index (χ3v) is 15.0. The van der Waals surface area contributed by atoms with Crippen LogP contribution in [0.15, 0.2) is 266 Å². The number of rotatable bonds is 11. The van der Waals surface area contributed by atoms with E-state index >= 15 is 0 Å². The SMILES string of the molecule is c1ccc(-n2c3ccc(Nc4ccccc4[S+](c4ccccc4)c4ccccc4)cc3c3cc(Nc4ccccc4[S+](c4ccccc4)c4ccccc4)ccc32)cc1. The highest BCUT2D eigenvalue weighted by Gasteiger charge is 2.32. The summed E-state index contributed by atoms with van der Waals surface area (Å²) in [5.41, 5.74) is 7.73. The minimum absolute atomic E-state index is 0.297. The first kappa shape index (κ1) is 36.4. The van der Waals surface area contributed by atoms with Gasteiger partial charge in [-0.05, 0) is 121 Å². The van der Waals surface area contributed by atoms with Crippen molar-refractivity contribution in [2.24, 2.45) is 0 Å². The Kier molecular flexibility index (Phi) is 10.2. The molecule has 0 spiro atoms. The summed E-state index contributed by atoms with van der Waals surface area (Å²) in [6.45, 7) is 0. The van der Waals surface area contributed by atoms with Gasteiger partial charge in [-0.1, -0.05) is 115 Å². The smallest absolute Gasteiger partial charge is 0.189 e. The summed E-state index contributed by atoms with van der Waals surface area (Å²) in [7, 11) is -0.595. The van der Waals surface area contributed by atoms with Crippen LogP contribution in [-0.2, 0) is 21.8 Å². The van der Waals surface area contributed by atoms with Gasteiger partial charge in [0.1, 0.15) is 21.8 Å².